The van der Waals surface area contributed by atoms with Crippen LogP contribution in [0.3, 0.4) is 0 Å². The fourth-order valence-corrected chi connectivity index (χ4v) is 1.83. The summed E-state index contributed by atoms with van der Waals surface area (Å²) in [6.45, 7) is 5.47. The van der Waals surface area contributed by atoms with Crippen LogP contribution in [0.4, 0.5) is 9.18 Å². The Labute approximate surface area is 123 Å². The molecule has 20 heavy (non-hydrogen) atoms. The van der Waals surface area contributed by atoms with Crippen LogP contribution in [0.15, 0.2) is 18.2 Å². The molecule has 0 radical (unpaired) electrons. The minimum absolute atomic E-state index is 0.0514. The Hall–Kier alpha value is -1.33. The largest absolute Gasteiger partial charge is 0.444 e. The summed E-state index contributed by atoms with van der Waals surface area (Å²) in [6.07, 6.45) is -0.322. The van der Waals surface area contributed by atoms with Crippen LogP contribution in [0.5, 0.6) is 0 Å². The summed E-state index contributed by atoms with van der Waals surface area (Å²) < 4.78 is 18.9. The summed E-state index contributed by atoms with van der Waals surface area (Å²) in [7, 11) is 0. The molecule has 3 N–H and O–H groups in total. The molecule has 0 aliphatic heterocycles. The highest BCUT2D eigenvalue weighted by atomic mass is 35.5. The van der Waals surface area contributed by atoms with Gasteiger partial charge in [-0.05, 0) is 38.8 Å². The lowest BCUT2D eigenvalue weighted by Crippen LogP contribution is -2.44. The number of halogens is 2. The van der Waals surface area contributed by atoms with Crippen molar-refractivity contribution in [1.29, 1.82) is 0 Å². The number of nitrogens with one attached hydrogen (secondary N) is 1. The van der Waals surface area contributed by atoms with Gasteiger partial charge in [0.15, 0.2) is 0 Å². The van der Waals surface area contributed by atoms with Crippen LogP contribution >= 0.6 is 11.6 Å². The third-order valence-corrected chi connectivity index (χ3v) is 2.80. The average Bonchev–Trinajstić information content (AvgIpc) is 2.31. The first-order valence-corrected chi connectivity index (χ1v) is 6.73. The quantitative estimate of drug-likeness (QED) is 0.899. The van der Waals surface area contributed by atoms with Gasteiger partial charge in [0.25, 0.3) is 0 Å². The number of hydrogen-bond acceptors (Lipinski definition) is 3. The molecule has 0 saturated heterocycles. The molecule has 0 aliphatic rings. The Balaban J connectivity index is 2.68. The zero-order valence-corrected chi connectivity index (χ0v) is 12.6. The predicted octanol–water partition coefficient (Wildman–Crippen LogP) is 2.87. The molecule has 0 aromatic heterocycles. The Kier molecular flexibility index (Phi) is 5.77. The monoisotopic (exact) mass is 302 g/mol. The van der Waals surface area contributed by atoms with Crippen molar-refractivity contribution >= 4 is 17.7 Å². The fourth-order valence-electron chi connectivity index (χ4n) is 1.64. The van der Waals surface area contributed by atoms with Crippen molar-refractivity contribution in [3.63, 3.8) is 0 Å². The van der Waals surface area contributed by atoms with Gasteiger partial charge in [-0.15, -0.1) is 0 Å². The third-order valence-electron chi connectivity index (χ3n) is 2.50. The molecule has 0 aliphatic carbocycles. The second-order valence-corrected chi connectivity index (χ2v) is 5.90. The van der Waals surface area contributed by atoms with Gasteiger partial charge in [-0.3, -0.25) is 0 Å². The minimum Gasteiger partial charge on any atom is -0.444 e. The Morgan fingerprint density at radius 3 is 2.70 bits per heavy atom. The molecule has 1 rings (SSSR count). The van der Waals surface area contributed by atoms with E-state index in [0.717, 1.165) is 0 Å². The van der Waals surface area contributed by atoms with Crippen LogP contribution in [-0.2, 0) is 11.2 Å². The summed E-state index contributed by atoms with van der Waals surface area (Å²) in [6, 6.07) is 4.32. The third kappa shape index (κ3) is 5.35. The second kappa shape index (κ2) is 6.90. The Morgan fingerprint density at radius 2 is 2.15 bits per heavy atom. The van der Waals surface area contributed by atoms with E-state index in [1.165, 1.54) is 6.07 Å². The van der Waals surface area contributed by atoms with Gasteiger partial charge in [-0.1, -0.05) is 23.7 Å². The van der Waals surface area contributed by atoms with Gasteiger partial charge in [-0.2, -0.15) is 0 Å². The smallest absolute Gasteiger partial charge is 0.407 e. The first-order chi connectivity index (χ1) is 9.23. The number of hydrogen-bond donors (Lipinski definition) is 2. The number of rotatable bonds is 4. The molecular formula is C14H20ClFN2O2. The van der Waals surface area contributed by atoms with Crippen molar-refractivity contribution in [1.82, 2.24) is 5.32 Å². The minimum atomic E-state index is -0.593. The number of alkyl carbamates (subject to hydrolysis) is 1. The zero-order chi connectivity index (χ0) is 15.3. The molecule has 0 heterocycles. The molecule has 1 unspecified atom stereocenters. The van der Waals surface area contributed by atoms with Crippen molar-refractivity contribution in [3.05, 3.63) is 34.6 Å². The fraction of sp³-hybridized carbons (Fsp3) is 0.500. The number of carbonyl (C=O) groups is 1. The molecule has 1 aromatic carbocycles. The first-order valence-electron chi connectivity index (χ1n) is 6.35. The van der Waals surface area contributed by atoms with E-state index in [1.807, 2.05) is 0 Å². The first kappa shape index (κ1) is 16.7. The zero-order valence-electron chi connectivity index (χ0n) is 11.9. The summed E-state index contributed by atoms with van der Waals surface area (Å²) in [4.78, 5) is 11.7. The average molecular weight is 303 g/mol. The predicted molar refractivity (Wildman–Crippen MR) is 77.3 cm³/mol. The summed E-state index contributed by atoms with van der Waals surface area (Å²) in [5, 5.41) is 2.67. The SMILES string of the molecule is CC(C)(C)OC(=O)NC(CN)Cc1cccc(Cl)c1F. The van der Waals surface area contributed by atoms with Crippen molar-refractivity contribution in [2.75, 3.05) is 6.54 Å². The van der Waals surface area contributed by atoms with Gasteiger partial charge >= 0.3 is 6.09 Å². The lowest BCUT2D eigenvalue weighted by Gasteiger charge is -2.23. The highest BCUT2D eigenvalue weighted by Crippen LogP contribution is 2.19. The van der Waals surface area contributed by atoms with Crippen LogP contribution in [0, 0.1) is 5.82 Å². The van der Waals surface area contributed by atoms with E-state index in [9.17, 15) is 9.18 Å². The van der Waals surface area contributed by atoms with Gasteiger partial charge in [0.1, 0.15) is 11.4 Å². The number of nitrogens with two attached hydrogens (primary N) is 1. The molecule has 0 fully saturated rings. The van der Waals surface area contributed by atoms with Crippen molar-refractivity contribution in [2.45, 2.75) is 38.8 Å². The maximum Gasteiger partial charge on any atom is 0.407 e. The lowest BCUT2D eigenvalue weighted by atomic mass is 10.1. The number of benzene rings is 1. The summed E-state index contributed by atoms with van der Waals surface area (Å²) in [5.41, 5.74) is 5.41. The number of ether oxygens (including phenoxy) is 1. The maximum absolute atomic E-state index is 13.8. The van der Waals surface area contributed by atoms with Gasteiger partial charge in [0.05, 0.1) is 5.02 Å². The Bertz CT molecular complexity index is 475. The van der Waals surface area contributed by atoms with Crippen molar-refractivity contribution in [2.24, 2.45) is 5.73 Å². The van der Waals surface area contributed by atoms with Crippen molar-refractivity contribution < 1.29 is 13.9 Å². The van der Waals surface area contributed by atoms with Crippen LogP contribution in [0.2, 0.25) is 5.02 Å². The van der Waals surface area contributed by atoms with Gasteiger partial charge in [0, 0.05) is 12.6 Å². The molecule has 112 valence electrons. The van der Waals surface area contributed by atoms with Gasteiger partial charge in [-0.25, -0.2) is 9.18 Å². The highest BCUT2D eigenvalue weighted by Gasteiger charge is 2.20. The van der Waals surface area contributed by atoms with E-state index in [4.69, 9.17) is 22.1 Å². The van der Waals surface area contributed by atoms with Gasteiger partial charge < -0.3 is 15.8 Å². The molecule has 0 saturated carbocycles. The molecule has 1 amide bonds. The van der Waals surface area contributed by atoms with Gasteiger partial charge in [0.2, 0.25) is 0 Å². The van der Waals surface area contributed by atoms with E-state index in [0.29, 0.717) is 5.56 Å². The molecule has 0 bridgehead atoms. The molecule has 1 aromatic rings. The molecule has 4 nitrogen and oxygen atoms in total. The van der Waals surface area contributed by atoms with Crippen LogP contribution < -0.4 is 11.1 Å². The molecule has 0 spiro atoms. The number of amides is 1. The standard InChI is InChI=1S/C14H20ClFN2O2/c1-14(2,3)20-13(19)18-10(8-17)7-9-5-4-6-11(15)12(9)16/h4-6,10H,7-8,17H2,1-3H3,(H,18,19). The molecule has 1 atom stereocenters. The maximum atomic E-state index is 13.8. The van der Waals surface area contributed by atoms with Crippen LogP contribution in [0.1, 0.15) is 26.3 Å². The van der Waals surface area contributed by atoms with E-state index in [2.05, 4.69) is 5.32 Å². The number of carbonyl (C=O) groups excluding carboxylic acids is 1. The summed E-state index contributed by atoms with van der Waals surface area (Å²) >= 11 is 5.72. The lowest BCUT2D eigenvalue weighted by molar-refractivity contribution is 0.0505. The van der Waals surface area contributed by atoms with Crippen LogP contribution in [-0.4, -0.2) is 24.3 Å². The topological polar surface area (TPSA) is 64.3 Å². The normalized spacial score (nSPS) is 12.9. The second-order valence-electron chi connectivity index (χ2n) is 5.50. The van der Waals surface area contributed by atoms with E-state index >= 15 is 0 Å². The Morgan fingerprint density at radius 1 is 1.50 bits per heavy atom. The highest BCUT2D eigenvalue weighted by molar-refractivity contribution is 6.30. The van der Waals surface area contributed by atoms with Crippen molar-refractivity contribution in [3.8, 4) is 0 Å². The van der Waals surface area contributed by atoms with E-state index in [-0.39, 0.29) is 18.0 Å². The molecule has 6 heteroatoms. The van der Waals surface area contributed by atoms with E-state index in [1.54, 1.807) is 32.9 Å². The molecular weight excluding hydrogens is 283 g/mol. The summed E-state index contributed by atoms with van der Waals surface area (Å²) in [5.74, 6) is -0.487. The van der Waals surface area contributed by atoms with Crippen LogP contribution in [0.25, 0.3) is 0 Å². The van der Waals surface area contributed by atoms with E-state index < -0.39 is 23.6 Å².